The van der Waals surface area contributed by atoms with Crippen LogP contribution in [0.4, 0.5) is 0 Å². The highest BCUT2D eigenvalue weighted by atomic mass is 16.5. The SMILES string of the molecule is CCOCCNCc1cc(C)ccc1O. The molecule has 0 radical (unpaired) electrons. The van der Waals surface area contributed by atoms with Crippen LogP contribution >= 0.6 is 0 Å². The topological polar surface area (TPSA) is 41.5 Å². The largest absolute Gasteiger partial charge is 0.508 e. The summed E-state index contributed by atoms with van der Waals surface area (Å²) < 4.78 is 5.20. The molecule has 0 bridgehead atoms. The number of rotatable bonds is 6. The van der Waals surface area contributed by atoms with Gasteiger partial charge in [-0.1, -0.05) is 17.7 Å². The maximum Gasteiger partial charge on any atom is 0.120 e. The quantitative estimate of drug-likeness (QED) is 0.702. The highest BCUT2D eigenvalue weighted by Crippen LogP contribution is 2.17. The molecular weight excluding hydrogens is 190 g/mol. The Morgan fingerprint density at radius 3 is 2.93 bits per heavy atom. The van der Waals surface area contributed by atoms with E-state index in [1.165, 1.54) is 0 Å². The smallest absolute Gasteiger partial charge is 0.120 e. The number of phenolic OH excluding ortho intramolecular Hbond substituents is 1. The predicted octanol–water partition coefficient (Wildman–Crippen LogP) is 1.83. The van der Waals surface area contributed by atoms with E-state index >= 15 is 0 Å². The van der Waals surface area contributed by atoms with Crippen molar-refractivity contribution in [2.75, 3.05) is 19.8 Å². The van der Waals surface area contributed by atoms with Gasteiger partial charge in [-0.25, -0.2) is 0 Å². The van der Waals surface area contributed by atoms with Crippen LogP contribution in [-0.2, 0) is 11.3 Å². The third-order valence-corrected chi connectivity index (χ3v) is 2.18. The Kier molecular flexibility index (Phi) is 5.15. The molecule has 1 aromatic rings. The van der Waals surface area contributed by atoms with E-state index in [0.29, 0.717) is 18.9 Å². The highest BCUT2D eigenvalue weighted by molar-refractivity contribution is 5.35. The van der Waals surface area contributed by atoms with Crippen LogP contribution in [0.5, 0.6) is 5.75 Å². The second-order valence-corrected chi connectivity index (χ2v) is 3.51. The second-order valence-electron chi connectivity index (χ2n) is 3.51. The van der Waals surface area contributed by atoms with E-state index in [2.05, 4.69) is 5.32 Å². The van der Waals surface area contributed by atoms with Crippen molar-refractivity contribution < 1.29 is 9.84 Å². The lowest BCUT2D eigenvalue weighted by atomic mass is 10.1. The number of aryl methyl sites for hydroxylation is 1. The fourth-order valence-corrected chi connectivity index (χ4v) is 1.37. The molecule has 0 fully saturated rings. The summed E-state index contributed by atoms with van der Waals surface area (Å²) in [5.74, 6) is 0.351. The van der Waals surface area contributed by atoms with Gasteiger partial charge in [0.15, 0.2) is 0 Å². The van der Waals surface area contributed by atoms with Crippen LogP contribution < -0.4 is 5.32 Å². The lowest BCUT2D eigenvalue weighted by Crippen LogP contribution is -2.19. The van der Waals surface area contributed by atoms with Crippen LogP contribution in [0, 0.1) is 6.92 Å². The monoisotopic (exact) mass is 209 g/mol. The summed E-state index contributed by atoms with van der Waals surface area (Å²) in [6.07, 6.45) is 0. The Hall–Kier alpha value is -1.06. The molecule has 84 valence electrons. The normalized spacial score (nSPS) is 10.5. The zero-order valence-corrected chi connectivity index (χ0v) is 9.42. The molecule has 2 N–H and O–H groups in total. The van der Waals surface area contributed by atoms with E-state index in [1.54, 1.807) is 6.07 Å². The Morgan fingerprint density at radius 2 is 2.20 bits per heavy atom. The van der Waals surface area contributed by atoms with E-state index < -0.39 is 0 Å². The first-order valence-electron chi connectivity index (χ1n) is 5.31. The van der Waals surface area contributed by atoms with Gasteiger partial charge in [-0.05, 0) is 19.9 Å². The average Bonchev–Trinajstić information content (AvgIpc) is 2.23. The Morgan fingerprint density at radius 1 is 1.40 bits per heavy atom. The van der Waals surface area contributed by atoms with Gasteiger partial charge in [0.25, 0.3) is 0 Å². The van der Waals surface area contributed by atoms with Crippen LogP contribution in [0.15, 0.2) is 18.2 Å². The molecule has 0 amide bonds. The molecule has 0 heterocycles. The minimum atomic E-state index is 0.351. The zero-order valence-electron chi connectivity index (χ0n) is 9.42. The number of benzene rings is 1. The lowest BCUT2D eigenvalue weighted by molar-refractivity contribution is 0.149. The maximum absolute atomic E-state index is 9.57. The molecule has 0 saturated heterocycles. The molecule has 0 unspecified atom stereocenters. The summed E-state index contributed by atoms with van der Waals surface area (Å²) in [4.78, 5) is 0. The standard InChI is InChI=1S/C12H19NO2/c1-3-15-7-6-13-9-11-8-10(2)4-5-12(11)14/h4-5,8,13-14H,3,6-7,9H2,1-2H3. The molecule has 0 aliphatic rings. The van der Waals surface area contributed by atoms with Gasteiger partial charge < -0.3 is 15.2 Å². The summed E-state index contributed by atoms with van der Waals surface area (Å²) in [6, 6.07) is 5.62. The van der Waals surface area contributed by atoms with Crippen molar-refractivity contribution in [1.82, 2.24) is 5.32 Å². The molecule has 0 spiro atoms. The highest BCUT2D eigenvalue weighted by Gasteiger charge is 2.00. The molecule has 0 aliphatic heterocycles. The number of phenols is 1. The Bertz CT molecular complexity index is 300. The molecule has 15 heavy (non-hydrogen) atoms. The minimum Gasteiger partial charge on any atom is -0.508 e. The van der Waals surface area contributed by atoms with Crippen molar-refractivity contribution >= 4 is 0 Å². The van der Waals surface area contributed by atoms with Crippen LogP contribution in [-0.4, -0.2) is 24.9 Å². The fraction of sp³-hybridized carbons (Fsp3) is 0.500. The van der Waals surface area contributed by atoms with Crippen molar-refractivity contribution in [3.05, 3.63) is 29.3 Å². The average molecular weight is 209 g/mol. The molecule has 0 aliphatic carbocycles. The van der Waals surface area contributed by atoms with E-state index in [9.17, 15) is 5.11 Å². The van der Waals surface area contributed by atoms with Gasteiger partial charge in [0.1, 0.15) is 5.75 Å². The zero-order chi connectivity index (χ0) is 11.1. The molecular formula is C12H19NO2. The van der Waals surface area contributed by atoms with Crippen molar-refractivity contribution in [3.8, 4) is 5.75 Å². The first-order chi connectivity index (χ1) is 7.24. The van der Waals surface area contributed by atoms with E-state index in [0.717, 1.165) is 24.3 Å². The van der Waals surface area contributed by atoms with Gasteiger partial charge in [-0.3, -0.25) is 0 Å². The van der Waals surface area contributed by atoms with Crippen LogP contribution in [0.3, 0.4) is 0 Å². The van der Waals surface area contributed by atoms with Gasteiger partial charge in [0.2, 0.25) is 0 Å². The minimum absolute atomic E-state index is 0.351. The molecule has 3 heteroatoms. The number of ether oxygens (including phenoxy) is 1. The Labute approximate surface area is 91.1 Å². The third-order valence-electron chi connectivity index (χ3n) is 2.18. The van der Waals surface area contributed by atoms with Crippen molar-refractivity contribution in [1.29, 1.82) is 0 Å². The van der Waals surface area contributed by atoms with Gasteiger partial charge in [-0.15, -0.1) is 0 Å². The molecule has 3 nitrogen and oxygen atoms in total. The number of hydrogen-bond donors (Lipinski definition) is 2. The molecule has 0 aromatic heterocycles. The summed E-state index contributed by atoms with van der Waals surface area (Å²) in [5.41, 5.74) is 2.10. The predicted molar refractivity (Wildman–Crippen MR) is 61.0 cm³/mol. The summed E-state index contributed by atoms with van der Waals surface area (Å²) in [6.45, 7) is 6.94. The summed E-state index contributed by atoms with van der Waals surface area (Å²) in [7, 11) is 0. The number of nitrogens with one attached hydrogen (secondary N) is 1. The second kappa shape index (κ2) is 6.43. The van der Waals surface area contributed by atoms with E-state index in [-0.39, 0.29) is 0 Å². The number of aromatic hydroxyl groups is 1. The van der Waals surface area contributed by atoms with Crippen molar-refractivity contribution in [3.63, 3.8) is 0 Å². The lowest BCUT2D eigenvalue weighted by Gasteiger charge is -2.07. The summed E-state index contributed by atoms with van der Waals surface area (Å²) in [5, 5.41) is 12.8. The van der Waals surface area contributed by atoms with Gasteiger partial charge in [0.05, 0.1) is 6.61 Å². The van der Waals surface area contributed by atoms with Gasteiger partial charge in [0, 0.05) is 25.3 Å². The molecule has 1 aromatic carbocycles. The van der Waals surface area contributed by atoms with E-state index in [4.69, 9.17) is 4.74 Å². The van der Waals surface area contributed by atoms with Crippen molar-refractivity contribution in [2.24, 2.45) is 0 Å². The summed E-state index contributed by atoms with van der Waals surface area (Å²) >= 11 is 0. The fourth-order valence-electron chi connectivity index (χ4n) is 1.37. The van der Waals surface area contributed by atoms with Crippen LogP contribution in [0.25, 0.3) is 0 Å². The molecule has 0 saturated carbocycles. The van der Waals surface area contributed by atoms with Gasteiger partial charge in [-0.2, -0.15) is 0 Å². The molecule has 0 atom stereocenters. The Balaban J connectivity index is 2.33. The van der Waals surface area contributed by atoms with Crippen molar-refractivity contribution in [2.45, 2.75) is 20.4 Å². The van der Waals surface area contributed by atoms with Crippen LogP contribution in [0.1, 0.15) is 18.1 Å². The van der Waals surface area contributed by atoms with Crippen LogP contribution in [0.2, 0.25) is 0 Å². The first-order valence-corrected chi connectivity index (χ1v) is 5.31. The maximum atomic E-state index is 9.57. The van der Waals surface area contributed by atoms with Gasteiger partial charge >= 0.3 is 0 Å². The number of hydrogen-bond acceptors (Lipinski definition) is 3. The molecule has 1 rings (SSSR count). The van der Waals surface area contributed by atoms with E-state index in [1.807, 2.05) is 26.0 Å². The third kappa shape index (κ3) is 4.32. The first kappa shape index (κ1) is 12.0.